The van der Waals surface area contributed by atoms with Crippen LogP contribution in [0.15, 0.2) is 4.52 Å². The van der Waals surface area contributed by atoms with Crippen LogP contribution in [0.2, 0.25) is 0 Å². The molecule has 1 aromatic heterocycles. The van der Waals surface area contributed by atoms with Crippen molar-refractivity contribution in [3.8, 4) is 0 Å². The molecule has 0 radical (unpaired) electrons. The van der Waals surface area contributed by atoms with Crippen LogP contribution in [0.3, 0.4) is 0 Å². The highest BCUT2D eigenvalue weighted by molar-refractivity contribution is 4.97. The van der Waals surface area contributed by atoms with Crippen LogP contribution in [0.25, 0.3) is 0 Å². The van der Waals surface area contributed by atoms with E-state index in [0.717, 1.165) is 24.7 Å². The lowest BCUT2D eigenvalue weighted by atomic mass is 9.89. The zero-order chi connectivity index (χ0) is 12.1. The Bertz CT molecular complexity index is 331. The summed E-state index contributed by atoms with van der Waals surface area (Å²) in [6.07, 6.45) is 7.25. The highest BCUT2D eigenvalue weighted by Gasteiger charge is 2.21. The standard InChI is InChI=1S/C13H23N3O/c1-3-14-10(2)9-12-15-13(16-17-12)11-7-5-4-6-8-11/h10-11,14H,3-9H2,1-2H3. The monoisotopic (exact) mass is 237 g/mol. The Morgan fingerprint density at radius 1 is 1.35 bits per heavy atom. The summed E-state index contributed by atoms with van der Waals surface area (Å²) in [7, 11) is 0. The number of likely N-dealkylation sites (N-methyl/N-ethyl adjacent to an activating group) is 1. The first kappa shape index (κ1) is 12.6. The molecule has 0 aliphatic heterocycles. The number of aromatic nitrogens is 2. The van der Waals surface area contributed by atoms with Gasteiger partial charge in [-0.2, -0.15) is 4.98 Å². The highest BCUT2D eigenvalue weighted by Crippen LogP contribution is 2.30. The van der Waals surface area contributed by atoms with Crippen molar-refractivity contribution < 1.29 is 4.52 Å². The molecule has 96 valence electrons. The molecule has 1 fully saturated rings. The molecule has 1 atom stereocenters. The molecule has 2 rings (SSSR count). The van der Waals surface area contributed by atoms with Crippen LogP contribution in [-0.2, 0) is 6.42 Å². The van der Waals surface area contributed by atoms with Crippen molar-refractivity contribution in [2.45, 2.75) is 64.3 Å². The van der Waals surface area contributed by atoms with Crippen molar-refractivity contribution in [3.05, 3.63) is 11.7 Å². The maximum Gasteiger partial charge on any atom is 0.228 e. The van der Waals surface area contributed by atoms with E-state index in [1.165, 1.54) is 32.1 Å². The van der Waals surface area contributed by atoms with E-state index in [9.17, 15) is 0 Å². The van der Waals surface area contributed by atoms with E-state index in [1.807, 2.05) is 0 Å². The second-order valence-corrected chi connectivity index (χ2v) is 5.04. The molecule has 1 N–H and O–H groups in total. The van der Waals surface area contributed by atoms with Gasteiger partial charge in [-0.15, -0.1) is 0 Å². The van der Waals surface area contributed by atoms with Crippen LogP contribution >= 0.6 is 0 Å². The highest BCUT2D eigenvalue weighted by atomic mass is 16.5. The summed E-state index contributed by atoms with van der Waals surface area (Å²) in [5, 5.41) is 7.49. The van der Waals surface area contributed by atoms with Gasteiger partial charge >= 0.3 is 0 Å². The van der Waals surface area contributed by atoms with Gasteiger partial charge in [0.2, 0.25) is 5.89 Å². The molecule has 4 nitrogen and oxygen atoms in total. The minimum absolute atomic E-state index is 0.402. The molecule has 1 unspecified atom stereocenters. The lowest BCUT2D eigenvalue weighted by Gasteiger charge is -2.17. The molecule has 1 aliphatic carbocycles. The Hall–Kier alpha value is -0.900. The number of rotatable bonds is 5. The number of hydrogen-bond acceptors (Lipinski definition) is 4. The largest absolute Gasteiger partial charge is 0.339 e. The van der Waals surface area contributed by atoms with Gasteiger partial charge < -0.3 is 9.84 Å². The second-order valence-electron chi connectivity index (χ2n) is 5.04. The van der Waals surface area contributed by atoms with Gasteiger partial charge in [0.1, 0.15) is 0 Å². The topological polar surface area (TPSA) is 51.0 Å². The third-order valence-electron chi connectivity index (χ3n) is 3.49. The van der Waals surface area contributed by atoms with E-state index in [-0.39, 0.29) is 0 Å². The first-order valence-electron chi connectivity index (χ1n) is 6.85. The quantitative estimate of drug-likeness (QED) is 0.855. The molecule has 0 bridgehead atoms. The normalized spacial score (nSPS) is 19.4. The fourth-order valence-electron chi connectivity index (χ4n) is 2.56. The Kier molecular flexibility index (Phi) is 4.54. The van der Waals surface area contributed by atoms with Crippen LogP contribution in [0.4, 0.5) is 0 Å². The Labute approximate surface area is 103 Å². The molecule has 1 aromatic rings. The molecule has 4 heteroatoms. The molecule has 1 heterocycles. The van der Waals surface area contributed by atoms with E-state index in [2.05, 4.69) is 29.3 Å². The van der Waals surface area contributed by atoms with Gasteiger partial charge in [0.05, 0.1) is 0 Å². The van der Waals surface area contributed by atoms with Crippen molar-refractivity contribution in [3.63, 3.8) is 0 Å². The molecular weight excluding hydrogens is 214 g/mol. The molecule has 0 amide bonds. The molecule has 0 spiro atoms. The summed E-state index contributed by atoms with van der Waals surface area (Å²) in [6.45, 7) is 5.23. The first-order chi connectivity index (χ1) is 8.29. The van der Waals surface area contributed by atoms with E-state index in [0.29, 0.717) is 12.0 Å². The summed E-state index contributed by atoms with van der Waals surface area (Å²) in [6, 6.07) is 0.402. The number of nitrogens with one attached hydrogen (secondary N) is 1. The molecule has 0 saturated heterocycles. The summed E-state index contributed by atoms with van der Waals surface area (Å²) in [5.41, 5.74) is 0. The molecule has 1 saturated carbocycles. The summed E-state index contributed by atoms with van der Waals surface area (Å²) < 4.78 is 5.33. The van der Waals surface area contributed by atoms with Crippen LogP contribution < -0.4 is 5.32 Å². The fraction of sp³-hybridized carbons (Fsp3) is 0.846. The SMILES string of the molecule is CCNC(C)Cc1nc(C2CCCCC2)no1. The maximum atomic E-state index is 5.33. The minimum Gasteiger partial charge on any atom is -0.339 e. The maximum absolute atomic E-state index is 5.33. The zero-order valence-corrected chi connectivity index (χ0v) is 10.9. The van der Waals surface area contributed by atoms with Crippen LogP contribution in [0, 0.1) is 0 Å². The molecule has 1 aliphatic rings. The minimum atomic E-state index is 0.402. The average molecular weight is 237 g/mol. The van der Waals surface area contributed by atoms with Crippen LogP contribution in [0.1, 0.15) is 63.6 Å². The zero-order valence-electron chi connectivity index (χ0n) is 10.9. The van der Waals surface area contributed by atoms with Gasteiger partial charge in [-0.1, -0.05) is 31.3 Å². The van der Waals surface area contributed by atoms with E-state index >= 15 is 0 Å². The predicted octanol–water partition coefficient (Wildman–Crippen LogP) is 2.66. The van der Waals surface area contributed by atoms with Crippen LogP contribution in [-0.4, -0.2) is 22.7 Å². The lowest BCUT2D eigenvalue weighted by Crippen LogP contribution is -2.27. The van der Waals surface area contributed by atoms with Crippen molar-refractivity contribution in [2.24, 2.45) is 0 Å². The summed E-state index contributed by atoms with van der Waals surface area (Å²) in [4.78, 5) is 4.54. The molecule has 0 aromatic carbocycles. The lowest BCUT2D eigenvalue weighted by molar-refractivity contribution is 0.347. The molecule has 17 heavy (non-hydrogen) atoms. The second kappa shape index (κ2) is 6.15. The number of nitrogens with zero attached hydrogens (tertiary/aromatic N) is 2. The van der Waals surface area contributed by atoms with E-state index < -0.39 is 0 Å². The van der Waals surface area contributed by atoms with Crippen molar-refractivity contribution in [1.82, 2.24) is 15.5 Å². The first-order valence-corrected chi connectivity index (χ1v) is 6.85. The van der Waals surface area contributed by atoms with Crippen molar-refractivity contribution in [1.29, 1.82) is 0 Å². The third kappa shape index (κ3) is 3.53. The average Bonchev–Trinajstić information content (AvgIpc) is 2.79. The van der Waals surface area contributed by atoms with E-state index in [1.54, 1.807) is 0 Å². The van der Waals surface area contributed by atoms with Gasteiger partial charge in [-0.3, -0.25) is 0 Å². The van der Waals surface area contributed by atoms with Gasteiger partial charge in [-0.25, -0.2) is 0 Å². The van der Waals surface area contributed by atoms with Crippen LogP contribution in [0.5, 0.6) is 0 Å². The van der Waals surface area contributed by atoms with Crippen molar-refractivity contribution in [2.75, 3.05) is 6.54 Å². The summed E-state index contributed by atoms with van der Waals surface area (Å²) in [5.74, 6) is 2.25. The summed E-state index contributed by atoms with van der Waals surface area (Å²) >= 11 is 0. The molecular formula is C13H23N3O. The predicted molar refractivity (Wildman–Crippen MR) is 67.0 cm³/mol. The number of hydrogen-bond donors (Lipinski definition) is 1. The van der Waals surface area contributed by atoms with Crippen molar-refractivity contribution >= 4 is 0 Å². The van der Waals surface area contributed by atoms with Gasteiger partial charge in [-0.05, 0) is 26.3 Å². The van der Waals surface area contributed by atoms with Gasteiger partial charge in [0, 0.05) is 18.4 Å². The fourth-order valence-corrected chi connectivity index (χ4v) is 2.56. The Morgan fingerprint density at radius 3 is 2.82 bits per heavy atom. The van der Waals surface area contributed by atoms with E-state index in [4.69, 9.17) is 4.52 Å². The van der Waals surface area contributed by atoms with Gasteiger partial charge in [0.15, 0.2) is 5.82 Å². The van der Waals surface area contributed by atoms with Gasteiger partial charge in [0.25, 0.3) is 0 Å². The Balaban J connectivity index is 1.90. The smallest absolute Gasteiger partial charge is 0.228 e. The Morgan fingerprint density at radius 2 is 2.12 bits per heavy atom. The third-order valence-corrected chi connectivity index (χ3v) is 3.49.